The lowest BCUT2D eigenvalue weighted by molar-refractivity contribution is -0.116. The van der Waals surface area contributed by atoms with E-state index < -0.39 is 0 Å². The highest BCUT2D eigenvalue weighted by atomic mass is 32.1. The van der Waals surface area contributed by atoms with E-state index in [1.807, 2.05) is 0 Å². The lowest BCUT2D eigenvalue weighted by Crippen LogP contribution is -1.93. The van der Waals surface area contributed by atoms with Crippen LogP contribution in [0.25, 0.3) is 11.3 Å². The van der Waals surface area contributed by atoms with Crippen molar-refractivity contribution in [2.45, 2.75) is 33.6 Å². The Kier molecular flexibility index (Phi) is 3.92. The monoisotopic (exact) mass is 259 g/mol. The van der Waals surface area contributed by atoms with Crippen molar-refractivity contribution in [1.82, 2.24) is 4.98 Å². The van der Waals surface area contributed by atoms with Gasteiger partial charge < -0.3 is 4.79 Å². The van der Waals surface area contributed by atoms with Crippen molar-refractivity contribution in [2.75, 3.05) is 0 Å². The maximum absolute atomic E-state index is 11.0. The van der Waals surface area contributed by atoms with Gasteiger partial charge in [-0.05, 0) is 26.3 Å². The van der Waals surface area contributed by atoms with Crippen LogP contribution in [0.15, 0.2) is 23.6 Å². The molecule has 0 aliphatic rings. The van der Waals surface area contributed by atoms with Crippen LogP contribution in [0.1, 0.15) is 29.5 Å². The van der Waals surface area contributed by atoms with Gasteiger partial charge in [-0.2, -0.15) is 0 Å². The number of aryl methyl sites for hydroxylation is 3. The highest BCUT2D eigenvalue weighted by Gasteiger charge is 2.07. The molecule has 0 saturated carbocycles. The summed E-state index contributed by atoms with van der Waals surface area (Å²) in [6.07, 6.45) is 1.34. The number of benzene rings is 1. The average molecular weight is 259 g/mol. The largest absolute Gasteiger partial charge is 0.300 e. The van der Waals surface area contributed by atoms with E-state index in [4.69, 9.17) is 0 Å². The summed E-state index contributed by atoms with van der Waals surface area (Å²) in [5.74, 6) is 0.221. The van der Waals surface area contributed by atoms with Crippen molar-refractivity contribution >= 4 is 17.1 Å². The van der Waals surface area contributed by atoms with Crippen molar-refractivity contribution in [3.8, 4) is 11.3 Å². The van der Waals surface area contributed by atoms with Crippen LogP contribution in [0, 0.1) is 13.8 Å². The molecule has 0 atom stereocenters. The lowest BCUT2D eigenvalue weighted by Gasteiger charge is -2.03. The number of thiazole rings is 1. The molecule has 2 rings (SSSR count). The van der Waals surface area contributed by atoms with Crippen LogP contribution >= 0.6 is 11.3 Å². The fraction of sp³-hybridized carbons (Fsp3) is 0.333. The summed E-state index contributed by atoms with van der Waals surface area (Å²) in [5.41, 5.74) is 4.73. The molecule has 0 aliphatic heterocycles. The Hall–Kier alpha value is -1.48. The highest BCUT2D eigenvalue weighted by molar-refractivity contribution is 7.09. The van der Waals surface area contributed by atoms with E-state index >= 15 is 0 Å². The number of hydrogen-bond donors (Lipinski definition) is 0. The van der Waals surface area contributed by atoms with Crippen molar-refractivity contribution < 1.29 is 4.79 Å². The van der Waals surface area contributed by atoms with Crippen LogP contribution in [-0.4, -0.2) is 10.8 Å². The zero-order valence-electron chi connectivity index (χ0n) is 11.0. The second-order valence-corrected chi connectivity index (χ2v) is 5.59. The summed E-state index contributed by atoms with van der Waals surface area (Å²) in [6, 6.07) is 6.40. The van der Waals surface area contributed by atoms with E-state index in [0.29, 0.717) is 6.42 Å². The number of nitrogens with zero attached hydrogens (tertiary/aromatic N) is 1. The van der Waals surface area contributed by atoms with Gasteiger partial charge in [0, 0.05) is 23.8 Å². The average Bonchev–Trinajstić information content (AvgIpc) is 2.75. The van der Waals surface area contributed by atoms with Gasteiger partial charge in [0.1, 0.15) is 5.78 Å². The van der Waals surface area contributed by atoms with Gasteiger partial charge in [0.15, 0.2) is 0 Å². The summed E-state index contributed by atoms with van der Waals surface area (Å²) in [5, 5.41) is 3.12. The van der Waals surface area contributed by atoms with Crippen LogP contribution in [0.5, 0.6) is 0 Å². The van der Waals surface area contributed by atoms with Crippen LogP contribution in [0.2, 0.25) is 0 Å². The van der Waals surface area contributed by atoms with Gasteiger partial charge in [-0.15, -0.1) is 11.3 Å². The fourth-order valence-electron chi connectivity index (χ4n) is 1.93. The Morgan fingerprint density at radius 1 is 1.33 bits per heavy atom. The van der Waals surface area contributed by atoms with E-state index in [9.17, 15) is 4.79 Å². The number of Topliss-reactive ketones (excluding diaryl/α,β-unsaturated/α-hetero) is 1. The van der Waals surface area contributed by atoms with Gasteiger partial charge in [-0.3, -0.25) is 0 Å². The molecular formula is C15H17NOS. The van der Waals surface area contributed by atoms with E-state index in [1.165, 1.54) is 16.7 Å². The Balaban J connectivity index is 2.21. The standard InChI is InChI=1S/C15H17NOS/c1-10-4-6-13(11(2)8-10)14-9-18-15(16-14)7-5-12(3)17/h4,6,8-9H,5,7H2,1-3H3. The maximum atomic E-state index is 11.0. The van der Waals surface area contributed by atoms with Gasteiger partial charge in [0.2, 0.25) is 0 Å². The summed E-state index contributed by atoms with van der Waals surface area (Å²) in [6.45, 7) is 5.83. The third kappa shape index (κ3) is 3.05. The number of aromatic nitrogens is 1. The predicted molar refractivity (Wildman–Crippen MR) is 76.0 cm³/mol. The van der Waals surface area contributed by atoms with Crippen LogP contribution in [0.4, 0.5) is 0 Å². The van der Waals surface area contributed by atoms with Gasteiger partial charge >= 0.3 is 0 Å². The lowest BCUT2D eigenvalue weighted by atomic mass is 10.0. The summed E-state index contributed by atoms with van der Waals surface area (Å²) < 4.78 is 0. The summed E-state index contributed by atoms with van der Waals surface area (Å²) in [4.78, 5) is 15.6. The smallest absolute Gasteiger partial charge is 0.130 e. The quantitative estimate of drug-likeness (QED) is 0.832. The fourth-order valence-corrected chi connectivity index (χ4v) is 2.73. The Bertz CT molecular complexity index is 572. The Morgan fingerprint density at radius 3 is 2.78 bits per heavy atom. The minimum absolute atomic E-state index is 0.221. The van der Waals surface area contributed by atoms with E-state index in [2.05, 4.69) is 42.4 Å². The molecule has 94 valence electrons. The molecule has 1 aromatic carbocycles. The van der Waals surface area contributed by atoms with Crippen molar-refractivity contribution in [3.63, 3.8) is 0 Å². The highest BCUT2D eigenvalue weighted by Crippen LogP contribution is 2.26. The van der Waals surface area contributed by atoms with Crippen LogP contribution in [0.3, 0.4) is 0 Å². The molecule has 0 radical (unpaired) electrons. The van der Waals surface area contributed by atoms with Crippen LogP contribution in [-0.2, 0) is 11.2 Å². The normalized spacial score (nSPS) is 10.6. The SMILES string of the molecule is CC(=O)CCc1nc(-c2ccc(C)cc2C)cs1. The van der Waals surface area contributed by atoms with E-state index in [1.54, 1.807) is 18.3 Å². The molecule has 3 heteroatoms. The van der Waals surface area contributed by atoms with E-state index in [0.717, 1.165) is 17.1 Å². The molecule has 2 nitrogen and oxygen atoms in total. The van der Waals surface area contributed by atoms with Gasteiger partial charge in [-0.1, -0.05) is 23.8 Å². The molecule has 18 heavy (non-hydrogen) atoms. The first-order valence-corrected chi connectivity index (χ1v) is 6.95. The van der Waals surface area contributed by atoms with Gasteiger partial charge in [0.05, 0.1) is 10.7 Å². The number of carbonyl (C=O) groups excluding carboxylic acids is 1. The molecule has 1 heterocycles. The Labute approximate surface area is 112 Å². The van der Waals surface area contributed by atoms with E-state index in [-0.39, 0.29) is 5.78 Å². The Morgan fingerprint density at radius 2 is 2.11 bits per heavy atom. The minimum Gasteiger partial charge on any atom is -0.300 e. The molecule has 0 aliphatic carbocycles. The molecule has 0 fully saturated rings. The van der Waals surface area contributed by atoms with Crippen molar-refractivity contribution in [3.05, 3.63) is 39.7 Å². The molecule has 0 unspecified atom stereocenters. The molecule has 0 saturated heterocycles. The minimum atomic E-state index is 0.221. The third-order valence-electron chi connectivity index (χ3n) is 2.90. The second kappa shape index (κ2) is 5.44. The molecule has 1 aromatic heterocycles. The maximum Gasteiger partial charge on any atom is 0.130 e. The second-order valence-electron chi connectivity index (χ2n) is 4.65. The zero-order valence-corrected chi connectivity index (χ0v) is 11.8. The summed E-state index contributed by atoms with van der Waals surface area (Å²) >= 11 is 1.64. The zero-order chi connectivity index (χ0) is 13.1. The summed E-state index contributed by atoms with van der Waals surface area (Å²) in [7, 11) is 0. The van der Waals surface area contributed by atoms with Crippen molar-refractivity contribution in [1.29, 1.82) is 0 Å². The first-order chi connectivity index (χ1) is 8.56. The third-order valence-corrected chi connectivity index (χ3v) is 3.81. The molecule has 0 bridgehead atoms. The number of carbonyl (C=O) groups is 1. The van der Waals surface area contributed by atoms with Gasteiger partial charge in [0.25, 0.3) is 0 Å². The molecule has 0 N–H and O–H groups in total. The van der Waals surface area contributed by atoms with Crippen molar-refractivity contribution in [2.24, 2.45) is 0 Å². The van der Waals surface area contributed by atoms with Crippen LogP contribution < -0.4 is 0 Å². The number of hydrogen-bond acceptors (Lipinski definition) is 3. The molecule has 0 spiro atoms. The van der Waals surface area contributed by atoms with Gasteiger partial charge in [-0.25, -0.2) is 4.98 Å². The number of ketones is 1. The first kappa shape index (κ1) is 13.0. The number of rotatable bonds is 4. The topological polar surface area (TPSA) is 30.0 Å². The molecule has 2 aromatic rings. The first-order valence-electron chi connectivity index (χ1n) is 6.07. The molecular weight excluding hydrogens is 242 g/mol. The molecule has 0 amide bonds. The predicted octanol–water partition coefficient (Wildman–Crippen LogP) is 3.95.